The van der Waals surface area contributed by atoms with Gasteiger partial charge in [0.1, 0.15) is 0 Å². The molecule has 4 heteroatoms. The van der Waals surface area contributed by atoms with Crippen molar-refractivity contribution in [1.29, 1.82) is 0 Å². The lowest BCUT2D eigenvalue weighted by atomic mass is 10.0. The van der Waals surface area contributed by atoms with E-state index in [1.54, 1.807) is 0 Å². The van der Waals surface area contributed by atoms with Crippen molar-refractivity contribution in [3.8, 4) is 0 Å². The fraction of sp³-hybridized carbons (Fsp3) is 0.364. The molecule has 1 N–H and O–H groups in total. The van der Waals surface area contributed by atoms with E-state index in [1.807, 2.05) is 30.1 Å². The standard InChI is InChI=1S/C11H15N4/c1-4-15-7-10(6-12-15)9(3)11-5-8(2)13-14-11/h5-7H,4H2,1-3H3,(H,13,14). The summed E-state index contributed by atoms with van der Waals surface area (Å²) in [6.45, 7) is 7.02. The minimum atomic E-state index is 0.898. The summed E-state index contributed by atoms with van der Waals surface area (Å²) in [6, 6.07) is 2.04. The third-order valence-electron chi connectivity index (χ3n) is 2.50. The van der Waals surface area contributed by atoms with E-state index in [-0.39, 0.29) is 0 Å². The second kappa shape index (κ2) is 3.88. The Hall–Kier alpha value is -1.58. The first kappa shape index (κ1) is 9.96. The molecule has 0 unspecified atom stereocenters. The van der Waals surface area contributed by atoms with Crippen LogP contribution in [-0.2, 0) is 6.54 Å². The molecule has 15 heavy (non-hydrogen) atoms. The van der Waals surface area contributed by atoms with Gasteiger partial charge in [0.05, 0.1) is 17.8 Å². The van der Waals surface area contributed by atoms with Gasteiger partial charge in [0.2, 0.25) is 0 Å². The van der Waals surface area contributed by atoms with Crippen molar-refractivity contribution in [2.75, 3.05) is 0 Å². The van der Waals surface area contributed by atoms with Crippen molar-refractivity contribution in [2.24, 2.45) is 0 Å². The summed E-state index contributed by atoms with van der Waals surface area (Å²) in [7, 11) is 0. The Bertz CT molecular complexity index is 441. The van der Waals surface area contributed by atoms with Crippen LogP contribution in [-0.4, -0.2) is 20.0 Å². The SMILES string of the molecule is CCn1cc([C](C)c2cc(C)n[nH]2)cn1. The van der Waals surface area contributed by atoms with Gasteiger partial charge in [-0.2, -0.15) is 10.2 Å². The predicted molar refractivity (Wildman–Crippen MR) is 58.3 cm³/mol. The van der Waals surface area contributed by atoms with Gasteiger partial charge < -0.3 is 0 Å². The van der Waals surface area contributed by atoms with Crippen LogP contribution >= 0.6 is 0 Å². The number of nitrogens with zero attached hydrogens (tertiary/aromatic N) is 3. The molecule has 0 spiro atoms. The summed E-state index contributed by atoms with van der Waals surface area (Å²) in [5.74, 6) is 1.18. The molecule has 2 aromatic heterocycles. The predicted octanol–water partition coefficient (Wildman–Crippen LogP) is 1.93. The van der Waals surface area contributed by atoms with E-state index in [9.17, 15) is 0 Å². The van der Waals surface area contributed by atoms with Gasteiger partial charge in [-0.15, -0.1) is 0 Å². The third kappa shape index (κ3) is 1.93. The average molecular weight is 203 g/mol. The van der Waals surface area contributed by atoms with Crippen molar-refractivity contribution in [1.82, 2.24) is 20.0 Å². The maximum Gasteiger partial charge on any atom is 0.0594 e. The summed E-state index contributed by atoms with van der Waals surface area (Å²) in [5.41, 5.74) is 3.20. The lowest BCUT2D eigenvalue weighted by molar-refractivity contribution is 0.659. The van der Waals surface area contributed by atoms with Crippen molar-refractivity contribution in [2.45, 2.75) is 27.3 Å². The molecule has 2 aromatic rings. The number of hydrogen-bond acceptors (Lipinski definition) is 2. The van der Waals surface area contributed by atoms with Gasteiger partial charge in [0.25, 0.3) is 0 Å². The minimum absolute atomic E-state index is 0.898. The second-order valence-corrected chi connectivity index (χ2v) is 3.63. The van der Waals surface area contributed by atoms with E-state index in [4.69, 9.17) is 0 Å². The zero-order chi connectivity index (χ0) is 10.8. The Labute approximate surface area is 89.3 Å². The summed E-state index contributed by atoms with van der Waals surface area (Å²) in [5, 5.41) is 11.4. The lowest BCUT2D eigenvalue weighted by Gasteiger charge is -2.03. The molecule has 0 amide bonds. The number of nitrogens with one attached hydrogen (secondary N) is 1. The number of aromatic amines is 1. The van der Waals surface area contributed by atoms with Crippen LogP contribution in [0.4, 0.5) is 0 Å². The maximum absolute atomic E-state index is 4.25. The monoisotopic (exact) mass is 203 g/mol. The summed E-state index contributed by atoms with van der Waals surface area (Å²) >= 11 is 0. The van der Waals surface area contributed by atoms with E-state index in [0.717, 1.165) is 23.5 Å². The van der Waals surface area contributed by atoms with Crippen molar-refractivity contribution >= 4 is 0 Å². The first-order valence-electron chi connectivity index (χ1n) is 5.09. The number of aryl methyl sites for hydroxylation is 2. The Morgan fingerprint density at radius 3 is 2.87 bits per heavy atom. The zero-order valence-corrected chi connectivity index (χ0v) is 9.28. The van der Waals surface area contributed by atoms with Gasteiger partial charge in [-0.25, -0.2) is 0 Å². The molecule has 2 rings (SSSR count). The van der Waals surface area contributed by atoms with Crippen LogP contribution in [0.2, 0.25) is 0 Å². The zero-order valence-electron chi connectivity index (χ0n) is 9.28. The van der Waals surface area contributed by atoms with Crippen LogP contribution in [0.3, 0.4) is 0 Å². The highest BCUT2D eigenvalue weighted by molar-refractivity contribution is 5.38. The molecule has 0 aliphatic rings. The fourth-order valence-electron chi connectivity index (χ4n) is 1.50. The molecule has 4 nitrogen and oxygen atoms in total. The highest BCUT2D eigenvalue weighted by Crippen LogP contribution is 2.20. The molecule has 2 heterocycles. The van der Waals surface area contributed by atoms with Crippen LogP contribution in [0.25, 0.3) is 0 Å². The van der Waals surface area contributed by atoms with Gasteiger partial charge in [-0.3, -0.25) is 9.78 Å². The van der Waals surface area contributed by atoms with Gasteiger partial charge in [-0.05, 0) is 26.8 Å². The minimum Gasteiger partial charge on any atom is -0.281 e. The van der Waals surface area contributed by atoms with Crippen LogP contribution in [0, 0.1) is 12.8 Å². The molecule has 0 aliphatic heterocycles. The van der Waals surface area contributed by atoms with Gasteiger partial charge in [-0.1, -0.05) is 0 Å². The number of hydrogen-bond donors (Lipinski definition) is 1. The molecular formula is C11H15N4. The number of H-pyrrole nitrogens is 1. The third-order valence-corrected chi connectivity index (χ3v) is 2.50. The molecule has 0 aromatic carbocycles. The van der Waals surface area contributed by atoms with Gasteiger partial charge in [0.15, 0.2) is 0 Å². The van der Waals surface area contributed by atoms with Crippen LogP contribution in [0.1, 0.15) is 30.8 Å². The molecule has 79 valence electrons. The lowest BCUT2D eigenvalue weighted by Crippen LogP contribution is -1.97. The van der Waals surface area contributed by atoms with Gasteiger partial charge >= 0.3 is 0 Å². The van der Waals surface area contributed by atoms with Gasteiger partial charge in [0, 0.05) is 24.0 Å². The highest BCUT2D eigenvalue weighted by Gasteiger charge is 2.13. The van der Waals surface area contributed by atoms with E-state index in [1.165, 1.54) is 5.92 Å². The van der Waals surface area contributed by atoms with Crippen molar-refractivity contribution in [3.63, 3.8) is 0 Å². The summed E-state index contributed by atoms with van der Waals surface area (Å²) in [6.07, 6.45) is 3.93. The molecule has 0 bridgehead atoms. The van der Waals surface area contributed by atoms with Crippen LogP contribution in [0.5, 0.6) is 0 Å². The largest absolute Gasteiger partial charge is 0.281 e. The number of aromatic nitrogens is 4. The first-order chi connectivity index (χ1) is 7.20. The fourth-order valence-corrected chi connectivity index (χ4v) is 1.50. The second-order valence-electron chi connectivity index (χ2n) is 3.63. The Balaban J connectivity index is 2.23. The summed E-state index contributed by atoms with van der Waals surface area (Å²) < 4.78 is 1.92. The van der Waals surface area contributed by atoms with Crippen LogP contribution in [0.15, 0.2) is 18.5 Å². The van der Waals surface area contributed by atoms with E-state index < -0.39 is 0 Å². The van der Waals surface area contributed by atoms with E-state index >= 15 is 0 Å². The Morgan fingerprint density at radius 2 is 2.33 bits per heavy atom. The molecule has 0 aliphatic carbocycles. The molecular weight excluding hydrogens is 188 g/mol. The molecule has 1 radical (unpaired) electrons. The average Bonchev–Trinajstić information content (AvgIpc) is 2.84. The smallest absolute Gasteiger partial charge is 0.0594 e. The molecule has 0 atom stereocenters. The van der Waals surface area contributed by atoms with E-state index in [2.05, 4.69) is 29.1 Å². The normalized spacial score (nSPS) is 11.2. The Morgan fingerprint density at radius 1 is 1.53 bits per heavy atom. The summed E-state index contributed by atoms with van der Waals surface area (Å²) in [4.78, 5) is 0. The quantitative estimate of drug-likeness (QED) is 0.828. The highest BCUT2D eigenvalue weighted by atomic mass is 15.3. The molecule has 0 fully saturated rings. The molecule has 0 saturated heterocycles. The number of rotatable bonds is 3. The topological polar surface area (TPSA) is 46.5 Å². The maximum atomic E-state index is 4.25. The Kier molecular flexibility index (Phi) is 2.58. The van der Waals surface area contributed by atoms with Crippen molar-refractivity contribution in [3.05, 3.63) is 41.3 Å². The van der Waals surface area contributed by atoms with Crippen LogP contribution < -0.4 is 0 Å². The van der Waals surface area contributed by atoms with Crippen molar-refractivity contribution < 1.29 is 0 Å². The first-order valence-corrected chi connectivity index (χ1v) is 5.09. The van der Waals surface area contributed by atoms with E-state index in [0.29, 0.717) is 0 Å². The molecule has 0 saturated carbocycles.